The lowest BCUT2D eigenvalue weighted by Gasteiger charge is -1.93. The molecule has 5 heteroatoms. The molecule has 0 fully saturated rings. The van der Waals surface area contributed by atoms with E-state index in [-0.39, 0.29) is 4.71 Å². The minimum Gasteiger partial charge on any atom is -0.289 e. The molecule has 0 aromatic rings. The Bertz CT molecular complexity index is 118. The van der Waals surface area contributed by atoms with Crippen LogP contribution in [0.3, 0.4) is 0 Å². The number of alkyl halides is 1. The summed E-state index contributed by atoms with van der Waals surface area (Å²) in [6, 6.07) is 0. The van der Waals surface area contributed by atoms with Crippen molar-refractivity contribution in [1.29, 1.82) is 0 Å². The fourth-order valence-electron chi connectivity index (χ4n) is 0.412. The zero-order chi connectivity index (χ0) is 5.98. The first-order chi connectivity index (χ1) is 3.83. The molecule has 0 saturated heterocycles. The van der Waals surface area contributed by atoms with E-state index < -0.39 is 0 Å². The SMILES string of the molecule is ONC1=NCC(Cl)S1. The second-order valence-electron chi connectivity index (χ2n) is 1.29. The van der Waals surface area contributed by atoms with Crippen LogP contribution in [0.2, 0.25) is 0 Å². The molecular formula is C3H5ClN2OS. The summed E-state index contributed by atoms with van der Waals surface area (Å²) in [5.74, 6) is 0. The first kappa shape index (κ1) is 6.19. The van der Waals surface area contributed by atoms with Crippen LogP contribution >= 0.6 is 23.4 Å². The molecule has 0 saturated carbocycles. The van der Waals surface area contributed by atoms with E-state index in [2.05, 4.69) is 4.99 Å². The highest BCUT2D eigenvalue weighted by Gasteiger charge is 2.15. The van der Waals surface area contributed by atoms with Gasteiger partial charge in [0.05, 0.1) is 6.54 Å². The minimum atomic E-state index is -0.00958. The highest BCUT2D eigenvalue weighted by Crippen LogP contribution is 2.21. The predicted molar refractivity (Wildman–Crippen MR) is 34.5 cm³/mol. The number of nitrogens with one attached hydrogen (secondary N) is 1. The Hall–Kier alpha value is 0.0700. The summed E-state index contributed by atoms with van der Waals surface area (Å²) in [4.78, 5) is 3.82. The third-order valence-electron chi connectivity index (χ3n) is 0.714. The molecule has 1 atom stereocenters. The number of thioether (sulfide) groups is 1. The molecule has 0 aromatic carbocycles. The van der Waals surface area contributed by atoms with Gasteiger partial charge in [0.25, 0.3) is 0 Å². The number of amidine groups is 1. The Balaban J connectivity index is 2.37. The molecular weight excluding hydrogens is 148 g/mol. The van der Waals surface area contributed by atoms with Crippen LogP contribution in [0.25, 0.3) is 0 Å². The van der Waals surface area contributed by atoms with E-state index in [0.29, 0.717) is 11.7 Å². The molecule has 1 unspecified atom stereocenters. The van der Waals surface area contributed by atoms with Crippen LogP contribution in [-0.2, 0) is 0 Å². The topological polar surface area (TPSA) is 44.6 Å². The second-order valence-corrected chi connectivity index (χ2v) is 3.26. The lowest BCUT2D eigenvalue weighted by molar-refractivity contribution is 0.238. The monoisotopic (exact) mass is 152 g/mol. The van der Waals surface area contributed by atoms with Gasteiger partial charge in [-0.2, -0.15) is 0 Å². The summed E-state index contributed by atoms with van der Waals surface area (Å²) in [6.45, 7) is 0.578. The van der Waals surface area contributed by atoms with Crippen molar-refractivity contribution in [2.75, 3.05) is 6.54 Å². The van der Waals surface area contributed by atoms with Gasteiger partial charge < -0.3 is 0 Å². The van der Waals surface area contributed by atoms with Gasteiger partial charge in [-0.05, 0) is 0 Å². The summed E-state index contributed by atoms with van der Waals surface area (Å²) in [5.41, 5.74) is 1.92. The quantitative estimate of drug-likeness (QED) is 0.396. The standard InChI is InChI=1S/C3H5ClN2OS/c4-2-1-5-3(6-7)8-2/h2,7H,1H2,(H,5,6). The largest absolute Gasteiger partial charge is 0.289 e. The van der Waals surface area contributed by atoms with Crippen molar-refractivity contribution in [2.45, 2.75) is 4.71 Å². The van der Waals surface area contributed by atoms with Gasteiger partial charge in [-0.1, -0.05) is 11.8 Å². The highest BCUT2D eigenvalue weighted by molar-refractivity contribution is 8.15. The third-order valence-corrected chi connectivity index (χ3v) is 1.97. The maximum absolute atomic E-state index is 8.22. The van der Waals surface area contributed by atoms with Crippen LogP contribution in [0.4, 0.5) is 0 Å². The van der Waals surface area contributed by atoms with E-state index in [1.807, 2.05) is 5.48 Å². The van der Waals surface area contributed by atoms with Crippen LogP contribution in [0.5, 0.6) is 0 Å². The Morgan fingerprint density at radius 2 is 2.75 bits per heavy atom. The van der Waals surface area contributed by atoms with E-state index >= 15 is 0 Å². The molecule has 0 aromatic heterocycles. The zero-order valence-electron chi connectivity index (χ0n) is 3.97. The first-order valence-electron chi connectivity index (χ1n) is 2.08. The molecule has 0 amide bonds. The highest BCUT2D eigenvalue weighted by atomic mass is 35.5. The van der Waals surface area contributed by atoms with Crippen molar-refractivity contribution in [1.82, 2.24) is 5.48 Å². The zero-order valence-corrected chi connectivity index (χ0v) is 5.54. The van der Waals surface area contributed by atoms with Gasteiger partial charge in [-0.25, -0.2) is 5.48 Å². The van der Waals surface area contributed by atoms with E-state index in [1.54, 1.807) is 0 Å². The average Bonchev–Trinajstić information content (AvgIpc) is 2.14. The van der Waals surface area contributed by atoms with Crippen molar-refractivity contribution in [3.8, 4) is 0 Å². The van der Waals surface area contributed by atoms with Gasteiger partial charge in [-0.3, -0.25) is 10.2 Å². The molecule has 3 nitrogen and oxygen atoms in total. The van der Waals surface area contributed by atoms with Crippen molar-refractivity contribution in [2.24, 2.45) is 4.99 Å². The van der Waals surface area contributed by atoms with Crippen LogP contribution < -0.4 is 5.48 Å². The van der Waals surface area contributed by atoms with Gasteiger partial charge in [0.1, 0.15) is 4.71 Å². The Labute approximate surface area is 56.1 Å². The van der Waals surface area contributed by atoms with Crippen LogP contribution in [0.1, 0.15) is 0 Å². The summed E-state index contributed by atoms with van der Waals surface area (Å²) >= 11 is 6.90. The second kappa shape index (κ2) is 2.57. The summed E-state index contributed by atoms with van der Waals surface area (Å²) < 4.78 is -0.00958. The molecule has 2 N–H and O–H groups in total. The van der Waals surface area contributed by atoms with Gasteiger partial charge in [0.15, 0.2) is 5.17 Å². The molecule has 8 heavy (non-hydrogen) atoms. The van der Waals surface area contributed by atoms with Gasteiger partial charge >= 0.3 is 0 Å². The normalized spacial score (nSPS) is 27.8. The van der Waals surface area contributed by atoms with Crippen molar-refractivity contribution in [3.05, 3.63) is 0 Å². The number of hydrogen-bond acceptors (Lipinski definition) is 4. The van der Waals surface area contributed by atoms with Crippen LogP contribution in [0, 0.1) is 0 Å². The summed E-state index contributed by atoms with van der Waals surface area (Å²) in [5, 5.41) is 8.73. The smallest absolute Gasteiger partial charge is 0.182 e. The number of halogens is 1. The van der Waals surface area contributed by atoms with Gasteiger partial charge in [-0.15, -0.1) is 11.6 Å². The fourth-order valence-corrected chi connectivity index (χ4v) is 1.33. The molecule has 1 aliphatic heterocycles. The van der Waals surface area contributed by atoms with Crippen molar-refractivity contribution in [3.63, 3.8) is 0 Å². The van der Waals surface area contributed by atoms with E-state index in [4.69, 9.17) is 16.8 Å². The Kier molecular flexibility index (Phi) is 1.99. The van der Waals surface area contributed by atoms with E-state index in [0.717, 1.165) is 0 Å². The molecule has 1 rings (SSSR count). The molecule has 1 heterocycles. The lowest BCUT2D eigenvalue weighted by Crippen LogP contribution is -2.12. The van der Waals surface area contributed by atoms with Crippen molar-refractivity contribution < 1.29 is 5.21 Å². The summed E-state index contributed by atoms with van der Waals surface area (Å²) in [7, 11) is 0. The van der Waals surface area contributed by atoms with E-state index in [9.17, 15) is 0 Å². The molecule has 0 bridgehead atoms. The average molecular weight is 153 g/mol. The van der Waals surface area contributed by atoms with Crippen LogP contribution in [0.15, 0.2) is 4.99 Å². The number of aliphatic imine (C=N–C) groups is 1. The predicted octanol–water partition coefficient (Wildman–Crippen LogP) is 0.633. The molecule has 0 spiro atoms. The minimum absolute atomic E-state index is 0.00958. The molecule has 0 aliphatic carbocycles. The summed E-state index contributed by atoms with van der Waals surface area (Å²) in [6.07, 6.45) is 0. The Morgan fingerprint density at radius 3 is 3.00 bits per heavy atom. The van der Waals surface area contributed by atoms with Gasteiger partial charge in [0.2, 0.25) is 0 Å². The third kappa shape index (κ3) is 1.27. The van der Waals surface area contributed by atoms with Crippen molar-refractivity contribution >= 4 is 28.5 Å². The number of rotatable bonds is 0. The number of hydrogen-bond donors (Lipinski definition) is 2. The first-order valence-corrected chi connectivity index (χ1v) is 3.40. The van der Waals surface area contributed by atoms with E-state index in [1.165, 1.54) is 11.8 Å². The molecule has 1 aliphatic rings. The number of nitrogens with zero attached hydrogens (tertiary/aromatic N) is 1. The maximum Gasteiger partial charge on any atom is 0.182 e. The Morgan fingerprint density at radius 1 is 2.00 bits per heavy atom. The molecule has 0 radical (unpaired) electrons. The number of hydroxylamine groups is 1. The van der Waals surface area contributed by atoms with Crippen LogP contribution in [-0.4, -0.2) is 21.6 Å². The fraction of sp³-hybridized carbons (Fsp3) is 0.667. The van der Waals surface area contributed by atoms with Gasteiger partial charge in [0, 0.05) is 0 Å². The maximum atomic E-state index is 8.22. The lowest BCUT2D eigenvalue weighted by atomic mass is 10.8. The molecule has 46 valence electrons.